The van der Waals surface area contributed by atoms with Gasteiger partial charge in [-0.3, -0.25) is 4.79 Å². The number of aromatic nitrogens is 3. The van der Waals surface area contributed by atoms with Gasteiger partial charge in [-0.2, -0.15) is 0 Å². The van der Waals surface area contributed by atoms with Gasteiger partial charge < -0.3 is 10.4 Å². The number of nitrogens with one attached hydrogen (secondary N) is 1. The molecule has 26 heavy (non-hydrogen) atoms. The number of aliphatic hydroxyl groups is 1. The molecule has 1 heterocycles. The van der Waals surface area contributed by atoms with Crippen molar-refractivity contribution in [1.29, 1.82) is 0 Å². The maximum atomic E-state index is 12.9. The summed E-state index contributed by atoms with van der Waals surface area (Å²) in [5.41, 5.74) is 2.70. The van der Waals surface area contributed by atoms with Gasteiger partial charge in [-0.25, -0.2) is 14.1 Å². The number of hydrogen-bond acceptors (Lipinski definition) is 4. The number of amides is 1. The lowest BCUT2D eigenvalue weighted by Crippen LogP contribution is -2.24. The normalized spacial score (nSPS) is 12.0. The van der Waals surface area contributed by atoms with Gasteiger partial charge in [0.1, 0.15) is 12.1 Å². The van der Waals surface area contributed by atoms with Crippen LogP contribution in [0.4, 0.5) is 4.39 Å². The van der Waals surface area contributed by atoms with Crippen LogP contribution in [0.1, 0.15) is 33.4 Å². The Morgan fingerprint density at radius 2 is 1.88 bits per heavy atom. The number of halogens is 1. The lowest BCUT2D eigenvalue weighted by atomic mass is 10.1. The zero-order chi connectivity index (χ0) is 18.5. The largest absolute Gasteiger partial charge is 0.386 e. The fourth-order valence-electron chi connectivity index (χ4n) is 2.42. The molecule has 134 valence electrons. The number of benzene rings is 2. The van der Waals surface area contributed by atoms with E-state index in [1.54, 1.807) is 0 Å². The number of aliphatic hydroxyl groups excluding tert-OH is 1. The molecule has 0 saturated heterocycles. The van der Waals surface area contributed by atoms with Gasteiger partial charge in [0.15, 0.2) is 0 Å². The summed E-state index contributed by atoms with van der Waals surface area (Å²) < 4.78 is 14.3. The molecule has 3 aromatic rings. The summed E-state index contributed by atoms with van der Waals surface area (Å²) in [6, 6.07) is 13.4. The smallest absolute Gasteiger partial charge is 0.291 e. The third-order valence-corrected chi connectivity index (χ3v) is 3.93. The first-order chi connectivity index (χ1) is 12.5. The first kappa shape index (κ1) is 17.8. The zero-order valence-corrected chi connectivity index (χ0v) is 14.3. The summed E-state index contributed by atoms with van der Waals surface area (Å²) in [7, 11) is 0. The molecule has 0 fully saturated rings. The highest BCUT2D eigenvalue weighted by Gasteiger charge is 2.14. The molecule has 0 unspecified atom stereocenters. The van der Waals surface area contributed by atoms with Crippen molar-refractivity contribution in [2.75, 3.05) is 0 Å². The van der Waals surface area contributed by atoms with Gasteiger partial charge in [0, 0.05) is 6.54 Å². The summed E-state index contributed by atoms with van der Waals surface area (Å²) in [4.78, 5) is 16.1. The summed E-state index contributed by atoms with van der Waals surface area (Å²) in [5.74, 6) is -0.724. The average molecular weight is 354 g/mol. The van der Waals surface area contributed by atoms with Gasteiger partial charge in [-0.1, -0.05) is 42.0 Å². The van der Waals surface area contributed by atoms with E-state index in [1.165, 1.54) is 35.3 Å². The lowest BCUT2D eigenvalue weighted by molar-refractivity contribution is 0.0938. The van der Waals surface area contributed by atoms with Crippen LogP contribution in [0.2, 0.25) is 0 Å². The number of rotatable bonds is 6. The highest BCUT2D eigenvalue weighted by molar-refractivity contribution is 5.90. The van der Waals surface area contributed by atoms with Crippen molar-refractivity contribution in [3.8, 4) is 0 Å². The Labute approximate surface area is 150 Å². The molecule has 0 spiro atoms. The van der Waals surface area contributed by atoms with E-state index in [1.807, 2.05) is 31.2 Å². The minimum Gasteiger partial charge on any atom is -0.386 e. The predicted octanol–water partition coefficient (Wildman–Crippen LogP) is 2.39. The Morgan fingerprint density at radius 1 is 1.19 bits per heavy atom. The van der Waals surface area contributed by atoms with E-state index in [-0.39, 0.29) is 24.1 Å². The third kappa shape index (κ3) is 4.52. The number of carbonyl (C=O) groups excluding carboxylic acids is 1. The Hall–Kier alpha value is -3.06. The molecule has 0 aliphatic rings. The van der Waals surface area contributed by atoms with Crippen molar-refractivity contribution in [3.05, 3.63) is 83.2 Å². The number of aryl methyl sites for hydroxylation is 1. The molecule has 2 N–H and O–H groups in total. The Balaban J connectivity index is 1.57. The second kappa shape index (κ2) is 7.88. The van der Waals surface area contributed by atoms with Crippen molar-refractivity contribution in [2.24, 2.45) is 0 Å². The van der Waals surface area contributed by atoms with Crippen molar-refractivity contribution in [1.82, 2.24) is 20.1 Å². The standard InChI is InChI=1S/C19H19FN4O2/c1-13-2-4-14(5-3-13)10-21-19(26)18-22-12-24(23-18)11-17(25)15-6-8-16(20)9-7-15/h2-9,12,17,25H,10-11H2,1H3,(H,21,26)/t17-/m1/s1. The van der Waals surface area contributed by atoms with Crippen molar-refractivity contribution < 1.29 is 14.3 Å². The van der Waals surface area contributed by atoms with Crippen molar-refractivity contribution in [2.45, 2.75) is 26.1 Å². The second-order valence-corrected chi connectivity index (χ2v) is 6.03. The fourth-order valence-corrected chi connectivity index (χ4v) is 2.42. The first-order valence-electron chi connectivity index (χ1n) is 8.18. The molecule has 0 bridgehead atoms. The minimum absolute atomic E-state index is 0.0309. The van der Waals surface area contributed by atoms with Crippen LogP contribution in [0.25, 0.3) is 0 Å². The van der Waals surface area contributed by atoms with E-state index in [0.29, 0.717) is 12.1 Å². The maximum Gasteiger partial charge on any atom is 0.291 e. The van der Waals surface area contributed by atoms with Gasteiger partial charge in [0.25, 0.3) is 5.91 Å². The molecule has 1 atom stereocenters. The van der Waals surface area contributed by atoms with E-state index < -0.39 is 6.10 Å². The summed E-state index contributed by atoms with van der Waals surface area (Å²) in [5, 5.41) is 17.0. The SMILES string of the molecule is Cc1ccc(CNC(=O)c2ncn(C[C@@H](O)c3ccc(F)cc3)n2)cc1. The number of nitrogens with zero attached hydrogens (tertiary/aromatic N) is 3. The molecule has 0 saturated carbocycles. The molecular weight excluding hydrogens is 335 g/mol. The molecule has 0 aliphatic heterocycles. The number of carbonyl (C=O) groups is 1. The molecule has 2 aromatic carbocycles. The zero-order valence-electron chi connectivity index (χ0n) is 14.3. The molecule has 1 amide bonds. The van der Waals surface area contributed by atoms with Crippen LogP contribution in [-0.4, -0.2) is 25.8 Å². The van der Waals surface area contributed by atoms with Crippen LogP contribution in [0.15, 0.2) is 54.9 Å². The van der Waals surface area contributed by atoms with E-state index in [4.69, 9.17) is 0 Å². The van der Waals surface area contributed by atoms with Crippen molar-refractivity contribution in [3.63, 3.8) is 0 Å². The highest BCUT2D eigenvalue weighted by atomic mass is 19.1. The molecule has 3 rings (SSSR count). The van der Waals surface area contributed by atoms with Gasteiger partial charge in [-0.05, 0) is 30.2 Å². The van der Waals surface area contributed by atoms with Crippen molar-refractivity contribution >= 4 is 5.91 Å². The van der Waals surface area contributed by atoms with E-state index in [9.17, 15) is 14.3 Å². The molecule has 6 nitrogen and oxygen atoms in total. The predicted molar refractivity (Wildman–Crippen MR) is 93.7 cm³/mol. The summed E-state index contributed by atoms with van der Waals surface area (Å²) >= 11 is 0. The van der Waals surface area contributed by atoms with Crippen LogP contribution in [-0.2, 0) is 13.1 Å². The van der Waals surface area contributed by atoms with Gasteiger partial charge >= 0.3 is 0 Å². The Kier molecular flexibility index (Phi) is 5.38. The third-order valence-electron chi connectivity index (χ3n) is 3.93. The Morgan fingerprint density at radius 3 is 2.58 bits per heavy atom. The maximum absolute atomic E-state index is 12.9. The van der Waals surface area contributed by atoms with Crippen LogP contribution in [0.3, 0.4) is 0 Å². The van der Waals surface area contributed by atoms with Crippen LogP contribution in [0.5, 0.6) is 0 Å². The minimum atomic E-state index is -0.874. The Bertz CT molecular complexity index is 875. The van der Waals surface area contributed by atoms with E-state index >= 15 is 0 Å². The van der Waals surface area contributed by atoms with Gasteiger partial charge in [0.05, 0.1) is 12.6 Å². The summed E-state index contributed by atoms with van der Waals surface area (Å²) in [6.07, 6.45) is 0.508. The van der Waals surface area contributed by atoms with Gasteiger partial charge in [0.2, 0.25) is 5.82 Å². The van der Waals surface area contributed by atoms with Crippen LogP contribution < -0.4 is 5.32 Å². The lowest BCUT2D eigenvalue weighted by Gasteiger charge is -2.10. The highest BCUT2D eigenvalue weighted by Crippen LogP contribution is 2.15. The molecule has 1 aromatic heterocycles. The van der Waals surface area contributed by atoms with Crippen LogP contribution >= 0.6 is 0 Å². The monoisotopic (exact) mass is 354 g/mol. The molecule has 7 heteroatoms. The van der Waals surface area contributed by atoms with Gasteiger partial charge in [-0.15, -0.1) is 5.10 Å². The molecule has 0 radical (unpaired) electrons. The molecule has 0 aliphatic carbocycles. The molecular formula is C19H19FN4O2. The van der Waals surface area contributed by atoms with E-state index in [2.05, 4.69) is 15.4 Å². The average Bonchev–Trinajstić information content (AvgIpc) is 3.10. The van der Waals surface area contributed by atoms with E-state index in [0.717, 1.165) is 11.1 Å². The fraction of sp³-hybridized carbons (Fsp3) is 0.211. The summed E-state index contributed by atoms with van der Waals surface area (Å²) in [6.45, 7) is 2.50. The quantitative estimate of drug-likeness (QED) is 0.712. The van der Waals surface area contributed by atoms with Crippen LogP contribution in [0, 0.1) is 12.7 Å². The number of hydrogen-bond donors (Lipinski definition) is 2. The topological polar surface area (TPSA) is 80.0 Å². The first-order valence-corrected chi connectivity index (χ1v) is 8.18. The second-order valence-electron chi connectivity index (χ2n) is 6.03.